The van der Waals surface area contributed by atoms with Gasteiger partial charge in [0.25, 0.3) is 0 Å². The van der Waals surface area contributed by atoms with Gasteiger partial charge < -0.3 is 10.5 Å². The molecule has 0 aliphatic heterocycles. The fourth-order valence-electron chi connectivity index (χ4n) is 1.89. The molecule has 4 nitrogen and oxygen atoms in total. The first-order valence-corrected chi connectivity index (χ1v) is 6.65. The molecule has 2 N–H and O–H groups in total. The summed E-state index contributed by atoms with van der Waals surface area (Å²) in [6.45, 7) is 2.93. The first-order chi connectivity index (χ1) is 9.15. The van der Waals surface area contributed by atoms with Gasteiger partial charge in [-0.05, 0) is 24.1 Å². The Morgan fingerprint density at radius 2 is 2.21 bits per heavy atom. The van der Waals surface area contributed by atoms with Gasteiger partial charge in [-0.15, -0.1) is 0 Å². The molecule has 1 aromatic carbocycles. The lowest BCUT2D eigenvalue weighted by Gasteiger charge is -2.08. The molecule has 0 saturated carbocycles. The molecule has 0 amide bonds. The van der Waals surface area contributed by atoms with Crippen LogP contribution in [0.15, 0.2) is 24.3 Å². The van der Waals surface area contributed by atoms with E-state index in [2.05, 4.69) is 5.10 Å². The lowest BCUT2D eigenvalue weighted by atomic mass is 10.2. The lowest BCUT2D eigenvalue weighted by molar-refractivity contribution is 0.294. The Morgan fingerprint density at radius 3 is 2.84 bits per heavy atom. The number of hydrogen-bond donors (Lipinski definition) is 1. The van der Waals surface area contributed by atoms with Crippen molar-refractivity contribution in [3.63, 3.8) is 0 Å². The molecule has 0 spiro atoms. The molecule has 102 valence electrons. The van der Waals surface area contributed by atoms with Crippen LogP contribution in [0.25, 0.3) is 0 Å². The van der Waals surface area contributed by atoms with Gasteiger partial charge in [-0.1, -0.05) is 30.7 Å². The minimum Gasteiger partial charge on any atom is -0.487 e. The number of nitrogens with two attached hydrogens (primary N) is 1. The van der Waals surface area contributed by atoms with E-state index in [-0.39, 0.29) is 0 Å². The first-order valence-electron chi connectivity index (χ1n) is 6.27. The number of halogens is 1. The molecule has 19 heavy (non-hydrogen) atoms. The molecule has 0 radical (unpaired) electrons. The van der Waals surface area contributed by atoms with Crippen LogP contribution in [0.2, 0.25) is 5.02 Å². The maximum Gasteiger partial charge on any atom is 0.131 e. The Hall–Kier alpha value is -1.52. The molecule has 0 saturated heterocycles. The summed E-state index contributed by atoms with van der Waals surface area (Å²) in [4.78, 5) is 0. The van der Waals surface area contributed by atoms with Crippen LogP contribution in [0, 0.1) is 0 Å². The Bertz CT molecular complexity index is 566. The van der Waals surface area contributed by atoms with Gasteiger partial charge >= 0.3 is 0 Å². The van der Waals surface area contributed by atoms with Gasteiger partial charge in [0.05, 0.1) is 16.4 Å². The second kappa shape index (κ2) is 6.08. The zero-order valence-corrected chi connectivity index (χ0v) is 11.9. The molecule has 2 rings (SSSR count). The van der Waals surface area contributed by atoms with Crippen molar-refractivity contribution in [3.8, 4) is 5.75 Å². The number of benzene rings is 1. The molecular formula is C14H18ClN3O. The number of aromatic nitrogens is 2. The molecule has 1 heterocycles. The highest BCUT2D eigenvalue weighted by Crippen LogP contribution is 2.23. The Kier molecular flexibility index (Phi) is 4.45. The molecule has 5 heteroatoms. The predicted octanol–water partition coefficient (Wildman–Crippen LogP) is 2.67. The minimum atomic E-state index is 0.399. The van der Waals surface area contributed by atoms with Crippen molar-refractivity contribution in [2.45, 2.75) is 26.5 Å². The van der Waals surface area contributed by atoms with Crippen LogP contribution < -0.4 is 10.5 Å². The highest BCUT2D eigenvalue weighted by molar-refractivity contribution is 6.31. The number of aryl methyl sites for hydroxylation is 2. The van der Waals surface area contributed by atoms with Crippen molar-refractivity contribution in [3.05, 3.63) is 46.2 Å². The smallest absolute Gasteiger partial charge is 0.131 e. The molecule has 0 aliphatic rings. The lowest BCUT2D eigenvalue weighted by Crippen LogP contribution is -2.04. The third-order valence-corrected chi connectivity index (χ3v) is 3.45. The van der Waals surface area contributed by atoms with Crippen LogP contribution >= 0.6 is 11.6 Å². The maximum atomic E-state index is 6.27. The molecular weight excluding hydrogens is 262 g/mol. The Morgan fingerprint density at radius 1 is 1.42 bits per heavy atom. The first kappa shape index (κ1) is 13.9. The quantitative estimate of drug-likeness (QED) is 0.915. The van der Waals surface area contributed by atoms with E-state index in [1.54, 1.807) is 4.68 Å². The van der Waals surface area contributed by atoms with E-state index in [0.29, 0.717) is 18.2 Å². The van der Waals surface area contributed by atoms with E-state index in [9.17, 15) is 0 Å². The fraction of sp³-hybridized carbons (Fsp3) is 0.357. The molecule has 2 aromatic rings. The summed E-state index contributed by atoms with van der Waals surface area (Å²) in [6, 6.07) is 7.74. The largest absolute Gasteiger partial charge is 0.487 e. The van der Waals surface area contributed by atoms with Gasteiger partial charge in [-0.3, -0.25) is 4.68 Å². The van der Waals surface area contributed by atoms with Gasteiger partial charge in [0.2, 0.25) is 0 Å². The summed E-state index contributed by atoms with van der Waals surface area (Å²) < 4.78 is 7.52. The van der Waals surface area contributed by atoms with E-state index in [1.165, 1.54) is 0 Å². The number of rotatable bonds is 5. The molecule has 1 aromatic heterocycles. The van der Waals surface area contributed by atoms with Crippen LogP contribution in [0.5, 0.6) is 5.75 Å². The average Bonchev–Trinajstić information content (AvgIpc) is 2.71. The molecule has 0 unspecified atom stereocenters. The third-order valence-electron chi connectivity index (χ3n) is 3.01. The summed E-state index contributed by atoms with van der Waals surface area (Å²) in [5, 5.41) is 5.05. The topological polar surface area (TPSA) is 53.1 Å². The Balaban J connectivity index is 2.12. The van der Waals surface area contributed by atoms with E-state index < -0.39 is 0 Å². The van der Waals surface area contributed by atoms with Gasteiger partial charge in [0, 0.05) is 13.6 Å². The summed E-state index contributed by atoms with van der Waals surface area (Å²) in [5.74, 6) is 0.790. The standard InChI is InChI=1S/C14H18ClN3O/c1-3-12-14(15)13(18(2)17-12)9-19-11-6-4-5-10(7-11)8-16/h4-7H,3,8-9,16H2,1-2H3. The van der Waals surface area contributed by atoms with E-state index in [1.807, 2.05) is 38.2 Å². The summed E-state index contributed by atoms with van der Waals surface area (Å²) in [6.07, 6.45) is 0.815. The van der Waals surface area contributed by atoms with Gasteiger partial charge in [-0.25, -0.2) is 0 Å². The predicted molar refractivity (Wildman–Crippen MR) is 76.3 cm³/mol. The van der Waals surface area contributed by atoms with Crippen LogP contribution in [0.4, 0.5) is 0 Å². The van der Waals surface area contributed by atoms with Gasteiger partial charge in [0.1, 0.15) is 12.4 Å². The van der Waals surface area contributed by atoms with Crippen molar-refractivity contribution in [1.29, 1.82) is 0 Å². The van der Waals surface area contributed by atoms with E-state index >= 15 is 0 Å². The second-order valence-electron chi connectivity index (χ2n) is 4.32. The Labute approximate surface area is 118 Å². The summed E-state index contributed by atoms with van der Waals surface area (Å²) >= 11 is 6.27. The van der Waals surface area contributed by atoms with Crippen LogP contribution in [0.1, 0.15) is 23.9 Å². The van der Waals surface area contributed by atoms with Crippen molar-refractivity contribution in [2.75, 3.05) is 0 Å². The van der Waals surface area contributed by atoms with Crippen molar-refractivity contribution >= 4 is 11.6 Å². The summed E-state index contributed by atoms with van der Waals surface area (Å²) in [5.41, 5.74) is 8.44. The molecule has 0 bridgehead atoms. The highest BCUT2D eigenvalue weighted by atomic mass is 35.5. The second-order valence-corrected chi connectivity index (χ2v) is 4.70. The van der Waals surface area contributed by atoms with Crippen LogP contribution in [0.3, 0.4) is 0 Å². The summed E-state index contributed by atoms with van der Waals surface area (Å²) in [7, 11) is 1.88. The highest BCUT2D eigenvalue weighted by Gasteiger charge is 2.13. The third kappa shape index (κ3) is 3.08. The maximum absolute atomic E-state index is 6.27. The minimum absolute atomic E-state index is 0.399. The van der Waals surface area contributed by atoms with Crippen molar-refractivity contribution < 1.29 is 4.74 Å². The van der Waals surface area contributed by atoms with Gasteiger partial charge in [-0.2, -0.15) is 5.10 Å². The zero-order valence-electron chi connectivity index (χ0n) is 11.2. The monoisotopic (exact) mass is 279 g/mol. The van der Waals surface area contributed by atoms with Crippen LogP contribution in [-0.4, -0.2) is 9.78 Å². The van der Waals surface area contributed by atoms with Crippen molar-refractivity contribution in [1.82, 2.24) is 9.78 Å². The van der Waals surface area contributed by atoms with E-state index in [0.717, 1.165) is 29.1 Å². The van der Waals surface area contributed by atoms with Crippen molar-refractivity contribution in [2.24, 2.45) is 12.8 Å². The van der Waals surface area contributed by atoms with Crippen LogP contribution in [-0.2, 0) is 26.6 Å². The zero-order chi connectivity index (χ0) is 13.8. The SMILES string of the molecule is CCc1nn(C)c(COc2cccc(CN)c2)c1Cl. The number of hydrogen-bond acceptors (Lipinski definition) is 3. The normalized spacial score (nSPS) is 10.7. The molecule has 0 fully saturated rings. The molecule has 0 aliphatic carbocycles. The fourth-order valence-corrected chi connectivity index (χ4v) is 2.24. The number of nitrogens with zero attached hydrogens (tertiary/aromatic N) is 2. The van der Waals surface area contributed by atoms with Gasteiger partial charge in [0.15, 0.2) is 0 Å². The molecule has 0 atom stereocenters. The average molecular weight is 280 g/mol. The van der Waals surface area contributed by atoms with E-state index in [4.69, 9.17) is 22.1 Å². The number of ether oxygens (including phenoxy) is 1.